The number of ketones is 1. The maximum absolute atomic E-state index is 12.1. The molecule has 0 fully saturated rings. The number of Topliss-reactive ketones (excluding diaryl/α,β-unsaturated/α-hetero) is 1. The molecule has 0 saturated carbocycles. The van der Waals surface area contributed by atoms with Gasteiger partial charge in [-0.1, -0.05) is 11.6 Å². The molecule has 2 heteroatoms. The number of carbonyl (C=O) groups is 1. The van der Waals surface area contributed by atoms with Crippen LogP contribution in [0.2, 0.25) is 0 Å². The monoisotopic (exact) mass is 244 g/mol. The molecule has 1 aromatic carbocycles. The Hall–Kier alpha value is -1.57. The third-order valence-corrected chi connectivity index (χ3v) is 3.26. The van der Waals surface area contributed by atoms with Crippen LogP contribution in [0.5, 0.6) is 5.75 Å². The first-order valence-corrected chi connectivity index (χ1v) is 6.73. The highest BCUT2D eigenvalue weighted by molar-refractivity contribution is 5.97. The van der Waals surface area contributed by atoms with Crippen molar-refractivity contribution in [3.63, 3.8) is 0 Å². The van der Waals surface area contributed by atoms with Crippen LogP contribution in [-0.2, 0) is 0 Å². The van der Waals surface area contributed by atoms with Crippen LogP contribution in [0, 0.1) is 0 Å². The molecule has 1 aromatic rings. The van der Waals surface area contributed by atoms with Crippen LogP contribution in [-0.4, -0.2) is 12.4 Å². The lowest BCUT2D eigenvalue weighted by Gasteiger charge is -2.12. The minimum absolute atomic E-state index is 0.214. The summed E-state index contributed by atoms with van der Waals surface area (Å²) in [6.45, 7) is 2.61. The van der Waals surface area contributed by atoms with Gasteiger partial charge in [0.1, 0.15) is 5.75 Å². The Morgan fingerprint density at radius 2 is 2.00 bits per heavy atom. The van der Waals surface area contributed by atoms with Gasteiger partial charge in [-0.05, 0) is 56.9 Å². The predicted octanol–water partition coefficient (Wildman–Crippen LogP) is 4.16. The van der Waals surface area contributed by atoms with Gasteiger partial charge in [0.2, 0.25) is 0 Å². The van der Waals surface area contributed by atoms with Crippen molar-refractivity contribution in [2.24, 2.45) is 0 Å². The average molecular weight is 244 g/mol. The Kier molecular flexibility index (Phi) is 4.57. The first-order chi connectivity index (χ1) is 8.79. The number of hydrogen-bond acceptors (Lipinski definition) is 2. The molecule has 0 saturated heterocycles. The highest BCUT2D eigenvalue weighted by Crippen LogP contribution is 2.22. The molecule has 0 atom stereocenters. The van der Waals surface area contributed by atoms with E-state index >= 15 is 0 Å². The molecule has 0 N–H and O–H groups in total. The molecule has 0 amide bonds. The minimum atomic E-state index is 0.214. The molecule has 1 aliphatic carbocycles. The van der Waals surface area contributed by atoms with Gasteiger partial charge in [-0.15, -0.1) is 0 Å². The standard InChI is InChI=1S/C16H20O2/c1-2-18-15-10-8-14(9-11-15)16(17)12-13-6-4-3-5-7-13/h6,8-11H,2-5,7,12H2,1H3. The fraction of sp³-hybridized carbons (Fsp3) is 0.438. The summed E-state index contributed by atoms with van der Waals surface area (Å²) in [5, 5.41) is 0. The zero-order valence-electron chi connectivity index (χ0n) is 10.9. The largest absolute Gasteiger partial charge is 0.494 e. The Bertz CT molecular complexity index is 429. The third-order valence-electron chi connectivity index (χ3n) is 3.26. The summed E-state index contributed by atoms with van der Waals surface area (Å²) in [4.78, 5) is 12.1. The topological polar surface area (TPSA) is 26.3 Å². The molecule has 1 aliphatic rings. The highest BCUT2D eigenvalue weighted by Gasteiger charge is 2.11. The molecule has 0 spiro atoms. The molecule has 18 heavy (non-hydrogen) atoms. The van der Waals surface area contributed by atoms with E-state index in [0.29, 0.717) is 13.0 Å². The lowest BCUT2D eigenvalue weighted by atomic mass is 9.94. The van der Waals surface area contributed by atoms with Gasteiger partial charge in [-0.25, -0.2) is 0 Å². The highest BCUT2D eigenvalue weighted by atomic mass is 16.5. The number of benzene rings is 1. The quantitative estimate of drug-likeness (QED) is 0.574. The van der Waals surface area contributed by atoms with Crippen LogP contribution in [0.3, 0.4) is 0 Å². The van der Waals surface area contributed by atoms with E-state index in [1.54, 1.807) is 0 Å². The van der Waals surface area contributed by atoms with Gasteiger partial charge in [0.05, 0.1) is 6.61 Å². The maximum Gasteiger partial charge on any atom is 0.166 e. The third kappa shape index (κ3) is 3.46. The van der Waals surface area contributed by atoms with Crippen LogP contribution < -0.4 is 4.74 Å². The molecule has 0 heterocycles. The van der Waals surface area contributed by atoms with E-state index in [-0.39, 0.29) is 5.78 Å². The van der Waals surface area contributed by atoms with Crippen molar-refractivity contribution < 1.29 is 9.53 Å². The Balaban J connectivity index is 1.97. The minimum Gasteiger partial charge on any atom is -0.494 e. The zero-order valence-corrected chi connectivity index (χ0v) is 10.9. The van der Waals surface area contributed by atoms with Crippen molar-refractivity contribution in [3.8, 4) is 5.75 Å². The second kappa shape index (κ2) is 6.39. The molecule has 2 nitrogen and oxygen atoms in total. The summed E-state index contributed by atoms with van der Waals surface area (Å²) in [6.07, 6.45) is 7.52. The molecule has 0 radical (unpaired) electrons. The van der Waals surface area contributed by atoms with Gasteiger partial charge >= 0.3 is 0 Å². The smallest absolute Gasteiger partial charge is 0.166 e. The molecule has 2 rings (SSSR count). The summed E-state index contributed by atoms with van der Waals surface area (Å²) in [5.74, 6) is 1.04. The number of hydrogen-bond donors (Lipinski definition) is 0. The fourth-order valence-electron chi connectivity index (χ4n) is 2.28. The van der Waals surface area contributed by atoms with E-state index in [1.807, 2.05) is 31.2 Å². The van der Waals surface area contributed by atoms with E-state index in [0.717, 1.165) is 24.2 Å². The van der Waals surface area contributed by atoms with E-state index in [9.17, 15) is 4.79 Å². The number of carbonyl (C=O) groups excluding carboxylic acids is 1. The van der Waals surface area contributed by atoms with E-state index in [1.165, 1.54) is 18.4 Å². The number of ether oxygens (including phenoxy) is 1. The molecule has 0 aromatic heterocycles. The van der Waals surface area contributed by atoms with Crippen LogP contribution in [0.1, 0.15) is 49.4 Å². The summed E-state index contributed by atoms with van der Waals surface area (Å²) in [6, 6.07) is 7.45. The Labute approximate surface area is 109 Å². The first kappa shape index (κ1) is 12.9. The van der Waals surface area contributed by atoms with Crippen molar-refractivity contribution in [1.82, 2.24) is 0 Å². The summed E-state index contributed by atoms with van der Waals surface area (Å²) in [5.41, 5.74) is 2.09. The second-order valence-corrected chi connectivity index (χ2v) is 4.67. The summed E-state index contributed by atoms with van der Waals surface area (Å²) in [7, 11) is 0. The van der Waals surface area contributed by atoms with Crippen LogP contribution >= 0.6 is 0 Å². The average Bonchev–Trinajstić information content (AvgIpc) is 2.41. The Morgan fingerprint density at radius 1 is 1.22 bits per heavy atom. The Morgan fingerprint density at radius 3 is 2.61 bits per heavy atom. The molecule has 0 bridgehead atoms. The summed E-state index contributed by atoms with van der Waals surface area (Å²) < 4.78 is 5.37. The molecule has 0 aliphatic heterocycles. The van der Waals surface area contributed by atoms with Crippen molar-refractivity contribution in [2.75, 3.05) is 6.61 Å². The van der Waals surface area contributed by atoms with Crippen LogP contribution in [0.4, 0.5) is 0 Å². The SMILES string of the molecule is CCOc1ccc(C(=O)CC2=CCCCC2)cc1. The molecular weight excluding hydrogens is 224 g/mol. The normalized spacial score (nSPS) is 15.1. The predicted molar refractivity (Wildman–Crippen MR) is 73.1 cm³/mol. The summed E-state index contributed by atoms with van der Waals surface area (Å²) >= 11 is 0. The second-order valence-electron chi connectivity index (χ2n) is 4.67. The maximum atomic E-state index is 12.1. The van der Waals surface area contributed by atoms with Gasteiger partial charge in [0.25, 0.3) is 0 Å². The van der Waals surface area contributed by atoms with Gasteiger partial charge in [0, 0.05) is 12.0 Å². The lowest BCUT2D eigenvalue weighted by Crippen LogP contribution is -2.03. The molecular formula is C16H20O2. The van der Waals surface area contributed by atoms with Crippen LogP contribution in [0.25, 0.3) is 0 Å². The van der Waals surface area contributed by atoms with Crippen LogP contribution in [0.15, 0.2) is 35.9 Å². The van der Waals surface area contributed by atoms with Gasteiger partial charge in [0.15, 0.2) is 5.78 Å². The van der Waals surface area contributed by atoms with Crippen molar-refractivity contribution in [3.05, 3.63) is 41.5 Å². The van der Waals surface area contributed by atoms with Crippen molar-refractivity contribution in [1.29, 1.82) is 0 Å². The van der Waals surface area contributed by atoms with Crippen molar-refractivity contribution in [2.45, 2.75) is 39.0 Å². The first-order valence-electron chi connectivity index (χ1n) is 6.73. The number of rotatable bonds is 5. The van der Waals surface area contributed by atoms with Gasteiger partial charge in [-0.2, -0.15) is 0 Å². The lowest BCUT2D eigenvalue weighted by molar-refractivity contribution is 0.0991. The zero-order chi connectivity index (χ0) is 12.8. The molecule has 96 valence electrons. The van der Waals surface area contributed by atoms with E-state index < -0.39 is 0 Å². The number of allylic oxidation sites excluding steroid dienone is 2. The fourth-order valence-corrected chi connectivity index (χ4v) is 2.28. The van der Waals surface area contributed by atoms with E-state index in [4.69, 9.17) is 4.74 Å². The van der Waals surface area contributed by atoms with E-state index in [2.05, 4.69) is 6.08 Å². The van der Waals surface area contributed by atoms with Gasteiger partial charge < -0.3 is 4.74 Å². The van der Waals surface area contributed by atoms with Crippen molar-refractivity contribution >= 4 is 5.78 Å². The van der Waals surface area contributed by atoms with Gasteiger partial charge in [-0.3, -0.25) is 4.79 Å². The molecule has 0 unspecified atom stereocenters.